The smallest absolute Gasteiger partial charge is 0.410 e. The monoisotopic (exact) mass is 607 g/mol. The topological polar surface area (TPSA) is 91.0 Å². The maximum Gasteiger partial charge on any atom is 0.410 e. The third-order valence-electron chi connectivity index (χ3n) is 8.69. The van der Waals surface area contributed by atoms with Gasteiger partial charge >= 0.3 is 6.09 Å². The molecule has 2 saturated heterocycles. The van der Waals surface area contributed by atoms with Crippen molar-refractivity contribution >= 4 is 40.3 Å². The summed E-state index contributed by atoms with van der Waals surface area (Å²) in [5.74, 6) is 0.635. The van der Waals surface area contributed by atoms with Crippen LogP contribution in [-0.2, 0) is 14.3 Å². The van der Waals surface area contributed by atoms with E-state index in [-0.39, 0.29) is 24.1 Å². The number of fused-ring (bicyclic) bond motifs is 1. The summed E-state index contributed by atoms with van der Waals surface area (Å²) in [6, 6.07) is 8.15. The molecule has 2 amide bonds. The molecule has 0 bridgehead atoms. The van der Waals surface area contributed by atoms with Gasteiger partial charge in [0.25, 0.3) is 0 Å². The summed E-state index contributed by atoms with van der Waals surface area (Å²) in [7, 11) is 0. The quantitative estimate of drug-likeness (QED) is 0.343. The molecule has 3 aliphatic rings. The van der Waals surface area contributed by atoms with Gasteiger partial charge in [0.05, 0.1) is 24.3 Å². The number of nitrogens with one attached hydrogen (secondary N) is 1. The van der Waals surface area contributed by atoms with Gasteiger partial charge in [0, 0.05) is 61.3 Å². The molecule has 2 aliphatic heterocycles. The van der Waals surface area contributed by atoms with E-state index in [9.17, 15) is 9.59 Å². The Hall–Kier alpha value is -3.14. The highest BCUT2D eigenvalue weighted by molar-refractivity contribution is 6.38. The average molecular weight is 608 g/mol. The van der Waals surface area contributed by atoms with E-state index in [0.29, 0.717) is 43.7 Å². The molecule has 10 heteroatoms. The first-order chi connectivity index (χ1) is 20.6. The van der Waals surface area contributed by atoms with E-state index in [1.807, 2.05) is 62.3 Å². The highest BCUT2D eigenvalue weighted by atomic mass is 35.5. The molecule has 4 heterocycles. The fraction of sp³-hybridized carbons (Fsp3) is 0.545. The number of ether oxygens (including phenoxy) is 2. The molecule has 230 valence electrons. The maximum atomic E-state index is 13.3. The molecule has 0 radical (unpaired) electrons. The highest BCUT2D eigenvalue weighted by Crippen LogP contribution is 2.46. The summed E-state index contributed by atoms with van der Waals surface area (Å²) in [5.41, 5.74) is 4.28. The molecule has 1 aromatic carbocycles. The van der Waals surface area contributed by atoms with Crippen LogP contribution in [0.2, 0.25) is 5.02 Å². The number of rotatable bonds is 7. The molecular weight excluding hydrogens is 566 g/mol. The molecule has 1 aliphatic carbocycles. The van der Waals surface area contributed by atoms with Crippen LogP contribution in [0.15, 0.2) is 36.7 Å². The number of nitrogens with zero attached hydrogens (tertiary/aromatic N) is 4. The summed E-state index contributed by atoms with van der Waals surface area (Å²) in [6.45, 7) is 11.3. The van der Waals surface area contributed by atoms with Gasteiger partial charge in [-0.05, 0) is 82.6 Å². The van der Waals surface area contributed by atoms with Gasteiger partial charge in [0.2, 0.25) is 5.91 Å². The second-order valence-corrected chi connectivity index (χ2v) is 13.5. The number of H-pyrrole nitrogens is 1. The molecule has 3 aromatic rings. The van der Waals surface area contributed by atoms with Gasteiger partial charge in [-0.15, -0.1) is 0 Å². The van der Waals surface area contributed by atoms with Crippen molar-refractivity contribution in [2.45, 2.75) is 77.0 Å². The van der Waals surface area contributed by atoms with Gasteiger partial charge in [0.1, 0.15) is 11.2 Å². The first-order valence-corrected chi connectivity index (χ1v) is 15.8. The second kappa shape index (κ2) is 12.1. The Labute approximate surface area is 258 Å². The molecule has 1 N–H and O–H groups in total. The zero-order valence-electron chi connectivity index (χ0n) is 25.6. The first kappa shape index (κ1) is 29.9. The molecule has 1 unspecified atom stereocenters. The van der Waals surface area contributed by atoms with Crippen molar-refractivity contribution in [1.82, 2.24) is 19.8 Å². The summed E-state index contributed by atoms with van der Waals surface area (Å²) in [4.78, 5) is 39.4. The van der Waals surface area contributed by atoms with E-state index in [2.05, 4.69) is 21.8 Å². The van der Waals surface area contributed by atoms with Crippen molar-refractivity contribution in [3.63, 3.8) is 0 Å². The Morgan fingerprint density at radius 1 is 1.14 bits per heavy atom. The lowest BCUT2D eigenvalue weighted by atomic mass is 10.0. The average Bonchev–Trinajstić information content (AvgIpc) is 3.73. The minimum absolute atomic E-state index is 0.0715. The number of amides is 2. The first-order valence-electron chi connectivity index (χ1n) is 15.5. The van der Waals surface area contributed by atoms with Crippen molar-refractivity contribution in [2.24, 2.45) is 0 Å². The number of hydrogen-bond acceptors (Lipinski definition) is 6. The third kappa shape index (κ3) is 6.69. The summed E-state index contributed by atoms with van der Waals surface area (Å²) in [5, 5.41) is 1.73. The van der Waals surface area contributed by atoms with E-state index >= 15 is 0 Å². The van der Waals surface area contributed by atoms with Crippen molar-refractivity contribution < 1.29 is 19.1 Å². The lowest BCUT2D eigenvalue weighted by Crippen LogP contribution is -2.54. The summed E-state index contributed by atoms with van der Waals surface area (Å²) in [6.07, 6.45) is 7.66. The number of piperidine rings is 1. The Kier molecular flexibility index (Phi) is 8.41. The number of aromatic amines is 1. The number of benzene rings is 1. The van der Waals surface area contributed by atoms with Gasteiger partial charge in [-0.25, -0.2) is 9.78 Å². The van der Waals surface area contributed by atoms with E-state index in [1.165, 1.54) is 18.4 Å². The Balaban J connectivity index is 1.03. The lowest BCUT2D eigenvalue weighted by Gasteiger charge is -2.38. The van der Waals surface area contributed by atoms with Gasteiger partial charge in [0.15, 0.2) is 0 Å². The van der Waals surface area contributed by atoms with Crippen LogP contribution in [0.3, 0.4) is 0 Å². The predicted molar refractivity (Wildman–Crippen MR) is 169 cm³/mol. The van der Waals surface area contributed by atoms with E-state index < -0.39 is 5.60 Å². The van der Waals surface area contributed by atoms with Crippen molar-refractivity contribution in [3.05, 3.63) is 47.2 Å². The number of pyridine rings is 1. The number of piperazine rings is 1. The number of likely N-dealkylation sites (tertiary alicyclic amines) is 1. The maximum absolute atomic E-state index is 13.3. The minimum atomic E-state index is -0.493. The normalized spacial score (nSPS) is 19.7. The fourth-order valence-corrected chi connectivity index (χ4v) is 6.45. The molecule has 0 spiro atoms. The number of anilines is 1. The highest BCUT2D eigenvalue weighted by Gasteiger charge is 2.31. The number of carbonyl (C=O) groups excluding carboxylic acids is 2. The van der Waals surface area contributed by atoms with Crippen LogP contribution < -0.4 is 4.90 Å². The van der Waals surface area contributed by atoms with Crippen LogP contribution in [0.25, 0.3) is 22.2 Å². The molecular formula is C33H42ClN5O4. The van der Waals surface area contributed by atoms with Crippen LogP contribution in [-0.4, -0.2) is 88.8 Å². The van der Waals surface area contributed by atoms with Crippen LogP contribution >= 0.6 is 11.6 Å². The lowest BCUT2D eigenvalue weighted by molar-refractivity contribution is -0.122. The summed E-state index contributed by atoms with van der Waals surface area (Å²) >= 11 is 6.96. The molecule has 1 saturated carbocycles. The van der Waals surface area contributed by atoms with Crippen LogP contribution in [0.5, 0.6) is 0 Å². The Morgan fingerprint density at radius 3 is 2.60 bits per heavy atom. The van der Waals surface area contributed by atoms with Gasteiger partial charge in [-0.2, -0.15) is 0 Å². The Morgan fingerprint density at radius 2 is 1.91 bits per heavy atom. The van der Waals surface area contributed by atoms with Crippen molar-refractivity contribution in [1.29, 1.82) is 0 Å². The SMILES string of the molecule is CC(COC1CCN(C(=O)OC(C)(C)C)CC1)N1CCN(c2cccc(-c3cnc4[nH]cc(C5CC5)c4c3Cl)c2)C(=O)C1. The molecule has 6 rings (SSSR count). The van der Waals surface area contributed by atoms with E-state index in [1.54, 1.807) is 4.90 Å². The number of hydrogen-bond donors (Lipinski definition) is 1. The predicted octanol–water partition coefficient (Wildman–Crippen LogP) is 6.21. The zero-order chi connectivity index (χ0) is 30.3. The van der Waals surface area contributed by atoms with Crippen molar-refractivity contribution in [3.8, 4) is 11.1 Å². The summed E-state index contributed by atoms with van der Waals surface area (Å²) < 4.78 is 11.7. The van der Waals surface area contributed by atoms with Crippen LogP contribution in [0.1, 0.15) is 64.9 Å². The van der Waals surface area contributed by atoms with Gasteiger partial charge < -0.3 is 24.3 Å². The third-order valence-corrected chi connectivity index (χ3v) is 9.09. The van der Waals surface area contributed by atoms with E-state index in [0.717, 1.165) is 47.2 Å². The Bertz CT molecular complexity index is 1490. The molecule has 3 fully saturated rings. The second-order valence-electron chi connectivity index (χ2n) is 13.1. The number of carbonyl (C=O) groups is 2. The molecule has 1 atom stereocenters. The van der Waals surface area contributed by atoms with E-state index in [4.69, 9.17) is 21.1 Å². The van der Waals surface area contributed by atoms with Crippen LogP contribution in [0.4, 0.5) is 10.5 Å². The number of halogens is 1. The zero-order valence-corrected chi connectivity index (χ0v) is 26.3. The van der Waals surface area contributed by atoms with Gasteiger partial charge in [-0.1, -0.05) is 23.7 Å². The number of aromatic nitrogens is 2. The molecule has 2 aromatic heterocycles. The standard InChI is InChI=1S/C33H42ClN5O4/c1-21(20-42-25-10-12-37(13-11-25)32(41)43-33(2,3)4)38-14-15-39(28(40)19-38)24-7-5-6-23(16-24)27-18-36-31-29(30(27)34)26(17-35-31)22-8-9-22/h5-7,16-18,21-22,25H,8-15,19-20H2,1-4H3,(H,35,36). The van der Waals surface area contributed by atoms with Crippen LogP contribution in [0, 0.1) is 0 Å². The fourth-order valence-electron chi connectivity index (χ4n) is 6.09. The largest absolute Gasteiger partial charge is 0.444 e. The molecule has 9 nitrogen and oxygen atoms in total. The van der Waals surface area contributed by atoms with Crippen molar-refractivity contribution in [2.75, 3.05) is 44.2 Å². The molecule has 43 heavy (non-hydrogen) atoms. The minimum Gasteiger partial charge on any atom is -0.444 e. The van der Waals surface area contributed by atoms with Gasteiger partial charge in [-0.3, -0.25) is 9.69 Å².